The van der Waals surface area contributed by atoms with Crippen molar-refractivity contribution in [1.82, 2.24) is 15.0 Å². The summed E-state index contributed by atoms with van der Waals surface area (Å²) in [6.45, 7) is 0. The van der Waals surface area contributed by atoms with Gasteiger partial charge < -0.3 is 0 Å². The van der Waals surface area contributed by atoms with Gasteiger partial charge in [-0.2, -0.15) is 0 Å². The molecule has 3 aromatic rings. The number of amides is 1. The molecular weight excluding hydrogens is 248 g/mol. The molecule has 0 spiro atoms. The minimum Gasteiger partial charge on any atom is -0.296 e. The van der Waals surface area contributed by atoms with E-state index in [9.17, 15) is 4.79 Å². The summed E-state index contributed by atoms with van der Waals surface area (Å²) in [6, 6.07) is 7.00. The lowest BCUT2D eigenvalue weighted by Gasteiger charge is -1.99. The molecule has 0 atom stereocenters. The van der Waals surface area contributed by atoms with E-state index in [-0.39, 0.29) is 5.91 Å². The molecule has 0 aromatic carbocycles. The molecule has 1 N–H and O–H groups in total. The number of anilines is 1. The Hall–Kier alpha value is -2.34. The molecule has 0 aliphatic carbocycles. The third-order valence-corrected chi connectivity index (χ3v) is 3.23. The number of thiazole rings is 1. The topological polar surface area (TPSA) is 67.8 Å². The van der Waals surface area contributed by atoms with Crippen LogP contribution in [0.1, 0.15) is 10.5 Å². The van der Waals surface area contributed by atoms with Gasteiger partial charge in [0.15, 0.2) is 5.13 Å². The smallest absolute Gasteiger partial charge is 0.276 e. The quantitative estimate of drug-likeness (QED) is 0.764. The standard InChI is InChI=1S/C12H8N4OS/c17-11(9-3-1-2-5-14-9)16-12-15-8-4-6-13-7-10(8)18-12/h1-7H,(H,15,16,17). The first kappa shape index (κ1) is 10.8. The Morgan fingerprint density at radius 2 is 2.17 bits per heavy atom. The Bertz CT molecular complexity index is 662. The van der Waals surface area contributed by atoms with Crippen LogP contribution in [0.5, 0.6) is 0 Å². The summed E-state index contributed by atoms with van der Waals surface area (Å²) in [4.78, 5) is 24.2. The molecule has 0 fully saturated rings. The minimum atomic E-state index is -0.261. The number of rotatable bonds is 2. The SMILES string of the molecule is O=C(Nc1nc2ccncc2s1)c1ccccn1. The minimum absolute atomic E-state index is 0.261. The molecule has 0 saturated carbocycles. The number of carbonyl (C=O) groups excluding carboxylic acids is 1. The zero-order chi connectivity index (χ0) is 12.4. The Balaban J connectivity index is 1.86. The number of aromatic nitrogens is 3. The maximum atomic E-state index is 11.9. The van der Waals surface area contributed by atoms with E-state index in [1.54, 1.807) is 36.8 Å². The van der Waals surface area contributed by atoms with Gasteiger partial charge in [0.2, 0.25) is 0 Å². The first-order valence-electron chi connectivity index (χ1n) is 5.26. The van der Waals surface area contributed by atoms with E-state index in [1.807, 2.05) is 6.07 Å². The fourth-order valence-electron chi connectivity index (χ4n) is 1.49. The number of hydrogen-bond donors (Lipinski definition) is 1. The molecule has 3 heterocycles. The highest BCUT2D eigenvalue weighted by Gasteiger charge is 2.10. The highest BCUT2D eigenvalue weighted by atomic mass is 32.1. The van der Waals surface area contributed by atoms with Crippen LogP contribution in [0.2, 0.25) is 0 Å². The average molecular weight is 256 g/mol. The van der Waals surface area contributed by atoms with Gasteiger partial charge >= 0.3 is 0 Å². The molecule has 3 aromatic heterocycles. The second-order valence-corrected chi connectivity index (χ2v) is 4.56. The molecule has 5 nitrogen and oxygen atoms in total. The maximum Gasteiger partial charge on any atom is 0.276 e. The van der Waals surface area contributed by atoms with E-state index in [2.05, 4.69) is 20.3 Å². The monoisotopic (exact) mass is 256 g/mol. The second kappa shape index (κ2) is 4.50. The van der Waals surface area contributed by atoms with E-state index >= 15 is 0 Å². The molecule has 0 aliphatic rings. The van der Waals surface area contributed by atoms with E-state index in [1.165, 1.54) is 11.3 Å². The van der Waals surface area contributed by atoms with Crippen LogP contribution in [0.15, 0.2) is 42.9 Å². The van der Waals surface area contributed by atoms with Crippen molar-refractivity contribution in [2.45, 2.75) is 0 Å². The third-order valence-electron chi connectivity index (χ3n) is 2.31. The Labute approximate surface area is 107 Å². The van der Waals surface area contributed by atoms with Gasteiger partial charge in [0.25, 0.3) is 5.91 Å². The van der Waals surface area contributed by atoms with Crippen LogP contribution in [-0.2, 0) is 0 Å². The van der Waals surface area contributed by atoms with Crippen LogP contribution in [0, 0.1) is 0 Å². The van der Waals surface area contributed by atoms with Crippen LogP contribution in [0.4, 0.5) is 5.13 Å². The normalized spacial score (nSPS) is 10.4. The molecular formula is C12H8N4OS. The van der Waals surface area contributed by atoms with Crippen molar-refractivity contribution in [1.29, 1.82) is 0 Å². The van der Waals surface area contributed by atoms with Crippen LogP contribution >= 0.6 is 11.3 Å². The van der Waals surface area contributed by atoms with Gasteiger partial charge in [-0.3, -0.25) is 20.1 Å². The summed E-state index contributed by atoms with van der Waals surface area (Å²) >= 11 is 1.39. The Kier molecular flexibility index (Phi) is 2.70. The lowest BCUT2D eigenvalue weighted by atomic mass is 10.3. The Morgan fingerprint density at radius 3 is 2.94 bits per heavy atom. The summed E-state index contributed by atoms with van der Waals surface area (Å²) < 4.78 is 0.939. The van der Waals surface area contributed by atoms with E-state index in [0.29, 0.717) is 10.8 Å². The molecule has 88 valence electrons. The van der Waals surface area contributed by atoms with Gasteiger partial charge in [0, 0.05) is 18.6 Å². The predicted molar refractivity (Wildman–Crippen MR) is 69.6 cm³/mol. The first-order valence-corrected chi connectivity index (χ1v) is 6.07. The van der Waals surface area contributed by atoms with Crippen molar-refractivity contribution in [2.24, 2.45) is 0 Å². The van der Waals surface area contributed by atoms with Gasteiger partial charge in [0.1, 0.15) is 5.69 Å². The highest BCUT2D eigenvalue weighted by molar-refractivity contribution is 7.22. The van der Waals surface area contributed by atoms with Crippen molar-refractivity contribution in [2.75, 3.05) is 5.32 Å². The van der Waals surface area contributed by atoms with Crippen LogP contribution in [0.3, 0.4) is 0 Å². The molecule has 0 aliphatic heterocycles. The molecule has 0 unspecified atom stereocenters. The van der Waals surface area contributed by atoms with Crippen molar-refractivity contribution in [3.8, 4) is 0 Å². The maximum absolute atomic E-state index is 11.9. The molecule has 18 heavy (non-hydrogen) atoms. The molecule has 6 heteroatoms. The summed E-state index contributed by atoms with van der Waals surface area (Å²) in [6.07, 6.45) is 4.98. The summed E-state index contributed by atoms with van der Waals surface area (Å²) in [7, 11) is 0. The van der Waals surface area contributed by atoms with Crippen LogP contribution in [0.25, 0.3) is 10.2 Å². The number of carbonyl (C=O) groups is 1. The van der Waals surface area contributed by atoms with Gasteiger partial charge in [-0.25, -0.2) is 4.98 Å². The molecule has 3 rings (SSSR count). The number of nitrogens with zero attached hydrogens (tertiary/aromatic N) is 3. The second-order valence-electron chi connectivity index (χ2n) is 3.53. The molecule has 0 radical (unpaired) electrons. The zero-order valence-electron chi connectivity index (χ0n) is 9.20. The van der Waals surface area contributed by atoms with Crippen molar-refractivity contribution in [3.05, 3.63) is 48.5 Å². The summed E-state index contributed by atoms with van der Waals surface area (Å²) in [5, 5.41) is 3.28. The third kappa shape index (κ3) is 2.05. The number of fused-ring (bicyclic) bond motifs is 1. The fourth-order valence-corrected chi connectivity index (χ4v) is 2.32. The number of pyridine rings is 2. The van der Waals surface area contributed by atoms with Crippen molar-refractivity contribution in [3.63, 3.8) is 0 Å². The predicted octanol–water partition coefficient (Wildman–Crippen LogP) is 2.34. The van der Waals surface area contributed by atoms with E-state index < -0.39 is 0 Å². The Morgan fingerprint density at radius 1 is 1.22 bits per heavy atom. The first-order chi connectivity index (χ1) is 8.83. The van der Waals surface area contributed by atoms with Crippen molar-refractivity contribution < 1.29 is 4.79 Å². The molecule has 0 bridgehead atoms. The van der Waals surface area contributed by atoms with Crippen LogP contribution < -0.4 is 5.32 Å². The largest absolute Gasteiger partial charge is 0.296 e. The van der Waals surface area contributed by atoms with Crippen molar-refractivity contribution >= 4 is 32.6 Å². The zero-order valence-corrected chi connectivity index (χ0v) is 10.0. The van der Waals surface area contributed by atoms with Crippen LogP contribution in [-0.4, -0.2) is 20.9 Å². The fraction of sp³-hybridized carbons (Fsp3) is 0. The summed E-state index contributed by atoms with van der Waals surface area (Å²) in [5.41, 5.74) is 1.20. The van der Waals surface area contributed by atoms with Gasteiger partial charge in [-0.05, 0) is 18.2 Å². The number of nitrogens with one attached hydrogen (secondary N) is 1. The number of hydrogen-bond acceptors (Lipinski definition) is 5. The highest BCUT2D eigenvalue weighted by Crippen LogP contribution is 2.24. The van der Waals surface area contributed by atoms with E-state index in [4.69, 9.17) is 0 Å². The van der Waals surface area contributed by atoms with Gasteiger partial charge in [0.05, 0.1) is 10.2 Å². The lowest BCUT2D eigenvalue weighted by molar-refractivity contribution is 0.102. The van der Waals surface area contributed by atoms with E-state index in [0.717, 1.165) is 10.2 Å². The van der Waals surface area contributed by atoms with Gasteiger partial charge in [-0.1, -0.05) is 17.4 Å². The lowest BCUT2D eigenvalue weighted by Crippen LogP contribution is -2.12. The van der Waals surface area contributed by atoms with Gasteiger partial charge in [-0.15, -0.1) is 0 Å². The average Bonchev–Trinajstić information content (AvgIpc) is 2.82. The molecule has 0 saturated heterocycles. The molecule has 1 amide bonds. The summed E-state index contributed by atoms with van der Waals surface area (Å²) in [5.74, 6) is -0.261.